The van der Waals surface area contributed by atoms with Gasteiger partial charge in [0.25, 0.3) is 5.91 Å². The van der Waals surface area contributed by atoms with Gasteiger partial charge in [0.15, 0.2) is 0 Å². The van der Waals surface area contributed by atoms with Crippen molar-refractivity contribution in [1.82, 2.24) is 9.62 Å². The van der Waals surface area contributed by atoms with E-state index in [1.165, 1.54) is 26.6 Å². The third kappa shape index (κ3) is 4.05. The quantitative estimate of drug-likeness (QED) is 0.617. The largest absolute Gasteiger partial charge is 0.468 e. The topological polar surface area (TPSA) is 105 Å². The minimum absolute atomic E-state index is 0.0107. The van der Waals surface area contributed by atoms with Gasteiger partial charge in [-0.1, -0.05) is 20.8 Å². The molecule has 0 saturated heterocycles. The number of nitrogens with zero attached hydrogens (tertiary/aromatic N) is 1. The predicted molar refractivity (Wildman–Crippen MR) is 118 cm³/mol. The molecule has 2 N–H and O–H groups in total. The molecular weight excluding hydrogens is 418 g/mol. The number of methoxy groups -OCH3 is 1. The van der Waals surface area contributed by atoms with Gasteiger partial charge in [-0.15, -0.1) is 0 Å². The smallest absolute Gasteiger partial charge is 0.321 e. The van der Waals surface area contributed by atoms with Crippen LogP contribution in [0.25, 0.3) is 0 Å². The Labute approximate surface area is 184 Å². The summed E-state index contributed by atoms with van der Waals surface area (Å²) in [6, 6.07) is 4.58. The molecule has 172 valence electrons. The molecule has 3 rings (SSSR count). The fourth-order valence-electron chi connectivity index (χ4n) is 5.46. The second kappa shape index (κ2) is 8.09. The van der Waals surface area contributed by atoms with E-state index in [2.05, 4.69) is 36.1 Å². The van der Waals surface area contributed by atoms with Crippen molar-refractivity contribution in [2.24, 2.45) is 16.7 Å². The van der Waals surface area contributed by atoms with E-state index in [0.717, 1.165) is 17.1 Å². The minimum Gasteiger partial charge on any atom is -0.468 e. The number of fused-ring (bicyclic) bond motifs is 2. The van der Waals surface area contributed by atoms with Crippen LogP contribution in [0.3, 0.4) is 0 Å². The van der Waals surface area contributed by atoms with Crippen LogP contribution in [0.4, 0.5) is 5.69 Å². The zero-order chi connectivity index (χ0) is 23.2. The average molecular weight is 452 g/mol. The molecular formula is C22H33N3O5S. The molecule has 8 nitrogen and oxygen atoms in total. The van der Waals surface area contributed by atoms with E-state index in [0.29, 0.717) is 11.6 Å². The van der Waals surface area contributed by atoms with Crippen LogP contribution in [0.1, 0.15) is 50.4 Å². The van der Waals surface area contributed by atoms with Crippen molar-refractivity contribution in [3.05, 3.63) is 23.8 Å². The van der Waals surface area contributed by atoms with Crippen molar-refractivity contribution in [1.29, 1.82) is 0 Å². The molecule has 2 aliphatic carbocycles. The van der Waals surface area contributed by atoms with Gasteiger partial charge in [0.05, 0.1) is 12.8 Å². The molecule has 2 bridgehead atoms. The van der Waals surface area contributed by atoms with E-state index in [9.17, 15) is 18.0 Å². The lowest BCUT2D eigenvalue weighted by Crippen LogP contribution is -2.52. The Morgan fingerprint density at radius 1 is 1.26 bits per heavy atom. The third-order valence-electron chi connectivity index (χ3n) is 7.33. The summed E-state index contributed by atoms with van der Waals surface area (Å²) in [5.74, 6) is -0.378. The van der Waals surface area contributed by atoms with Crippen LogP contribution in [-0.2, 0) is 19.6 Å². The van der Waals surface area contributed by atoms with Crippen molar-refractivity contribution in [2.45, 2.75) is 51.0 Å². The number of anilines is 1. The Balaban J connectivity index is 1.90. The zero-order valence-electron chi connectivity index (χ0n) is 19.1. The molecule has 2 saturated carbocycles. The van der Waals surface area contributed by atoms with Gasteiger partial charge in [-0.3, -0.25) is 9.59 Å². The lowest BCUT2D eigenvalue weighted by molar-refractivity contribution is -0.140. The Morgan fingerprint density at radius 3 is 2.48 bits per heavy atom. The van der Waals surface area contributed by atoms with Gasteiger partial charge in [0, 0.05) is 25.7 Å². The fraction of sp³-hybridized carbons (Fsp3) is 0.636. The normalized spacial score (nSPS) is 26.7. The van der Waals surface area contributed by atoms with Gasteiger partial charge in [-0.25, -0.2) is 8.42 Å². The fourth-order valence-corrected chi connectivity index (χ4v) is 6.79. The highest BCUT2D eigenvalue weighted by Gasteiger charge is 2.59. The van der Waals surface area contributed by atoms with Crippen LogP contribution in [0.15, 0.2) is 23.1 Å². The number of nitrogens with one attached hydrogen (secondary N) is 2. The molecule has 3 atom stereocenters. The van der Waals surface area contributed by atoms with Gasteiger partial charge < -0.3 is 15.4 Å². The molecule has 0 aromatic heterocycles. The predicted octanol–water partition coefficient (Wildman–Crippen LogP) is 2.47. The summed E-state index contributed by atoms with van der Waals surface area (Å²) in [5.41, 5.74) is 0.667. The van der Waals surface area contributed by atoms with Crippen molar-refractivity contribution >= 4 is 27.6 Å². The van der Waals surface area contributed by atoms with Gasteiger partial charge in [0.2, 0.25) is 10.0 Å². The maximum absolute atomic E-state index is 13.2. The number of sulfonamides is 1. The summed E-state index contributed by atoms with van der Waals surface area (Å²) in [5, 5.41) is 6.05. The van der Waals surface area contributed by atoms with Crippen LogP contribution in [0, 0.1) is 16.7 Å². The molecule has 0 spiro atoms. The number of hydrogen-bond donors (Lipinski definition) is 2. The molecule has 1 aromatic carbocycles. The van der Waals surface area contributed by atoms with Crippen LogP contribution in [0.2, 0.25) is 0 Å². The number of carbonyl (C=O) groups excluding carboxylic acids is 2. The Hall–Kier alpha value is -2.13. The molecule has 2 aliphatic rings. The first-order valence-electron chi connectivity index (χ1n) is 10.5. The summed E-state index contributed by atoms with van der Waals surface area (Å²) in [4.78, 5) is 24.7. The van der Waals surface area contributed by atoms with Crippen LogP contribution >= 0.6 is 0 Å². The van der Waals surface area contributed by atoms with Crippen LogP contribution in [0.5, 0.6) is 0 Å². The zero-order valence-corrected chi connectivity index (χ0v) is 19.9. The second-order valence-corrected chi connectivity index (χ2v) is 11.6. The first-order valence-corrected chi connectivity index (χ1v) is 12.0. The number of hydrogen-bond acceptors (Lipinski definition) is 6. The molecule has 2 fully saturated rings. The number of rotatable bonds is 7. The molecule has 1 unspecified atom stereocenters. The number of esters is 1. The number of amides is 1. The van der Waals surface area contributed by atoms with E-state index in [-0.39, 0.29) is 33.2 Å². The van der Waals surface area contributed by atoms with Gasteiger partial charge >= 0.3 is 5.97 Å². The Kier molecular flexibility index (Phi) is 6.14. The van der Waals surface area contributed by atoms with Gasteiger partial charge in [0.1, 0.15) is 11.4 Å². The van der Waals surface area contributed by atoms with Crippen molar-refractivity contribution in [3.8, 4) is 0 Å². The SMILES string of the molecule is CNc1ccc(C(=O)NC2C(C)(C)[C@@H]3CC[C@]2(C)C3)cc1S(=O)(=O)N(C)CC(=O)OC. The van der Waals surface area contributed by atoms with Crippen molar-refractivity contribution in [3.63, 3.8) is 0 Å². The van der Waals surface area contributed by atoms with Gasteiger partial charge in [-0.2, -0.15) is 4.31 Å². The molecule has 9 heteroatoms. The molecule has 0 radical (unpaired) electrons. The van der Waals surface area contributed by atoms with E-state index in [4.69, 9.17) is 0 Å². The van der Waals surface area contributed by atoms with Gasteiger partial charge in [-0.05, 0) is 54.2 Å². The van der Waals surface area contributed by atoms with Crippen LogP contribution in [-0.4, -0.2) is 58.4 Å². The van der Waals surface area contributed by atoms with E-state index in [1.54, 1.807) is 19.2 Å². The lowest BCUT2D eigenvalue weighted by atomic mass is 9.68. The summed E-state index contributed by atoms with van der Waals surface area (Å²) < 4.78 is 31.7. The number of carbonyl (C=O) groups is 2. The van der Waals surface area contributed by atoms with Crippen molar-refractivity contribution in [2.75, 3.05) is 33.1 Å². The third-order valence-corrected chi connectivity index (χ3v) is 9.17. The Bertz CT molecular complexity index is 986. The minimum atomic E-state index is -4.02. The first kappa shape index (κ1) is 23.5. The summed E-state index contributed by atoms with van der Waals surface area (Å²) in [6.45, 7) is 6.21. The lowest BCUT2D eigenvalue weighted by Gasteiger charge is -2.43. The van der Waals surface area contributed by atoms with E-state index < -0.39 is 22.5 Å². The monoisotopic (exact) mass is 451 g/mol. The maximum atomic E-state index is 13.2. The standard InChI is InChI=1S/C22H33N3O5S/c1-21(2)15-9-10-22(3,12-15)20(21)24-19(27)14-7-8-16(23-4)17(11-14)31(28,29)25(5)13-18(26)30-6/h7-8,11,15,20,23H,9-10,12-13H2,1-6H3,(H,24,27)/t15-,20?,22-/m1/s1. The first-order chi connectivity index (χ1) is 14.4. The molecule has 31 heavy (non-hydrogen) atoms. The summed E-state index contributed by atoms with van der Waals surface area (Å²) in [7, 11) is 0.0822. The van der Waals surface area contributed by atoms with Crippen molar-refractivity contribution < 1.29 is 22.7 Å². The molecule has 0 heterocycles. The number of ether oxygens (including phenoxy) is 1. The van der Waals surface area contributed by atoms with E-state index >= 15 is 0 Å². The molecule has 1 aromatic rings. The van der Waals surface area contributed by atoms with Crippen LogP contribution < -0.4 is 10.6 Å². The second-order valence-electron chi connectivity index (χ2n) is 9.62. The highest BCUT2D eigenvalue weighted by molar-refractivity contribution is 7.89. The number of benzene rings is 1. The maximum Gasteiger partial charge on any atom is 0.321 e. The average Bonchev–Trinajstić information content (AvgIpc) is 3.21. The summed E-state index contributed by atoms with van der Waals surface area (Å²) >= 11 is 0. The molecule has 1 amide bonds. The Morgan fingerprint density at radius 2 is 1.94 bits per heavy atom. The highest BCUT2D eigenvalue weighted by atomic mass is 32.2. The molecule has 0 aliphatic heterocycles. The van der Waals surface area contributed by atoms with E-state index in [1.807, 2.05) is 0 Å². The summed E-state index contributed by atoms with van der Waals surface area (Å²) in [6.07, 6.45) is 3.37. The highest BCUT2D eigenvalue weighted by Crippen LogP contribution is 2.62. The number of likely N-dealkylation sites (N-methyl/N-ethyl adjacent to an activating group) is 1.